The van der Waals surface area contributed by atoms with Gasteiger partial charge in [0.15, 0.2) is 0 Å². The van der Waals surface area contributed by atoms with Crippen LogP contribution < -0.4 is 5.56 Å². The summed E-state index contributed by atoms with van der Waals surface area (Å²) in [7, 11) is 0. The van der Waals surface area contributed by atoms with Gasteiger partial charge in [0.05, 0.1) is 22.0 Å². The molecule has 0 aliphatic rings. The molecule has 0 atom stereocenters. The summed E-state index contributed by atoms with van der Waals surface area (Å²) in [4.78, 5) is 26.7. The van der Waals surface area contributed by atoms with E-state index in [-0.39, 0.29) is 33.1 Å². The molecule has 8 heteroatoms. The molecule has 0 aliphatic heterocycles. The summed E-state index contributed by atoms with van der Waals surface area (Å²) in [6.45, 7) is 3.31. The number of nitrogens with zero attached hydrogens (tertiary/aromatic N) is 2. The second kappa shape index (κ2) is 8.44. The van der Waals surface area contributed by atoms with Gasteiger partial charge in [-0.05, 0) is 42.7 Å². The number of carbonyl (C=O) groups excluding carboxylic acids is 1. The number of aromatic nitrogens is 1. The first-order valence-electron chi connectivity index (χ1n) is 9.57. The van der Waals surface area contributed by atoms with Gasteiger partial charge in [-0.2, -0.15) is 5.26 Å². The van der Waals surface area contributed by atoms with Crippen LogP contribution in [0.2, 0.25) is 10.0 Å². The van der Waals surface area contributed by atoms with E-state index in [1.807, 2.05) is 31.2 Å². The average molecular weight is 483 g/mol. The number of carbonyl (C=O) groups is 1. The number of aromatic hydroxyl groups is 1. The van der Waals surface area contributed by atoms with E-state index >= 15 is 0 Å². The number of fused-ring (bicyclic) bond motifs is 1. The lowest BCUT2D eigenvalue weighted by Crippen LogP contribution is -2.27. The highest BCUT2D eigenvalue weighted by Crippen LogP contribution is 2.39. The normalized spacial score (nSPS) is 11.0. The maximum Gasteiger partial charge on any atom is 0.271 e. The monoisotopic (exact) mass is 482 g/mol. The molecule has 0 aliphatic carbocycles. The molecule has 1 N–H and O–H groups in total. The van der Waals surface area contributed by atoms with Crippen molar-refractivity contribution in [1.82, 2.24) is 4.57 Å². The summed E-state index contributed by atoms with van der Waals surface area (Å²) in [5.41, 5.74) is 0.656. The highest BCUT2D eigenvalue weighted by Gasteiger charge is 2.28. The Kier molecular flexibility index (Phi) is 5.83. The summed E-state index contributed by atoms with van der Waals surface area (Å²) < 4.78 is 1.83. The molecular formula is C24H16Cl2N2O3S. The Morgan fingerprint density at radius 3 is 2.59 bits per heavy atom. The first-order chi connectivity index (χ1) is 15.2. The van der Waals surface area contributed by atoms with Crippen molar-refractivity contribution in [3.05, 3.63) is 95.6 Å². The fraction of sp³-hybridized carbons (Fsp3) is 0.125. The summed E-state index contributed by atoms with van der Waals surface area (Å²) in [5, 5.41) is 22.0. The Morgan fingerprint density at radius 2 is 1.91 bits per heavy atom. The number of hydrogen-bond donors (Lipinski definition) is 1. The lowest BCUT2D eigenvalue weighted by atomic mass is 10.00. The smallest absolute Gasteiger partial charge is 0.271 e. The number of rotatable bonds is 4. The van der Waals surface area contributed by atoms with Gasteiger partial charge in [0.25, 0.3) is 5.56 Å². The largest absolute Gasteiger partial charge is 0.494 e. The number of hydrogen-bond acceptors (Lipinski definition) is 5. The van der Waals surface area contributed by atoms with E-state index in [1.165, 1.54) is 18.3 Å². The van der Waals surface area contributed by atoms with Gasteiger partial charge in [-0.3, -0.25) is 14.2 Å². The van der Waals surface area contributed by atoms with E-state index in [0.29, 0.717) is 10.6 Å². The summed E-state index contributed by atoms with van der Waals surface area (Å²) in [5.74, 6) is -1.07. The molecule has 160 valence electrons. The number of halogens is 2. The molecule has 0 fully saturated rings. The Labute approximate surface area is 197 Å². The number of ketones is 1. The molecule has 0 spiro atoms. The highest BCUT2D eigenvalue weighted by atomic mass is 35.5. The van der Waals surface area contributed by atoms with Crippen molar-refractivity contribution in [2.45, 2.75) is 20.4 Å². The first-order valence-corrected chi connectivity index (χ1v) is 11.1. The van der Waals surface area contributed by atoms with E-state index in [4.69, 9.17) is 23.2 Å². The zero-order chi connectivity index (χ0) is 23.2. The van der Waals surface area contributed by atoms with Crippen LogP contribution in [0, 0.1) is 25.2 Å². The predicted molar refractivity (Wildman–Crippen MR) is 127 cm³/mol. The first kappa shape index (κ1) is 22.1. The van der Waals surface area contributed by atoms with Crippen molar-refractivity contribution in [3.63, 3.8) is 0 Å². The number of thiophene rings is 1. The maximum absolute atomic E-state index is 13.5. The van der Waals surface area contributed by atoms with Crippen LogP contribution in [0.5, 0.6) is 5.88 Å². The van der Waals surface area contributed by atoms with Crippen molar-refractivity contribution >= 4 is 50.4 Å². The Hall–Kier alpha value is -3.11. The number of pyridine rings is 1. The Bertz CT molecular complexity index is 1510. The summed E-state index contributed by atoms with van der Waals surface area (Å²) in [6.07, 6.45) is 0. The summed E-state index contributed by atoms with van der Waals surface area (Å²) in [6, 6.07) is 14.4. The molecule has 5 nitrogen and oxygen atoms in total. The standard InChI is InChI=1S/C24H16Cl2N2O3S/c1-12-7-8-15-18(9-12)32-22(20(15)26)21(29)19-13(2)16(10-27)23(30)28(24(19)31)11-14-5-3-4-6-17(14)25/h3-9,31H,11H2,1-2H3. The maximum atomic E-state index is 13.5. The fourth-order valence-electron chi connectivity index (χ4n) is 3.60. The van der Waals surface area contributed by atoms with Gasteiger partial charge in [-0.15, -0.1) is 11.3 Å². The van der Waals surface area contributed by atoms with Crippen LogP contribution in [0.4, 0.5) is 0 Å². The van der Waals surface area contributed by atoms with Gasteiger partial charge >= 0.3 is 0 Å². The SMILES string of the molecule is Cc1ccc2c(Cl)c(C(=O)c3c(C)c(C#N)c(=O)n(Cc4ccccc4Cl)c3O)sc2c1. The van der Waals surface area contributed by atoms with Gasteiger partial charge in [-0.1, -0.05) is 53.5 Å². The molecule has 32 heavy (non-hydrogen) atoms. The van der Waals surface area contributed by atoms with Gasteiger partial charge in [0.2, 0.25) is 11.7 Å². The number of benzene rings is 2. The minimum Gasteiger partial charge on any atom is -0.494 e. The molecule has 2 heterocycles. The minimum atomic E-state index is -0.697. The van der Waals surface area contributed by atoms with Gasteiger partial charge in [-0.25, -0.2) is 0 Å². The van der Waals surface area contributed by atoms with Crippen molar-refractivity contribution in [3.8, 4) is 11.9 Å². The Morgan fingerprint density at radius 1 is 1.19 bits per heavy atom. The molecule has 0 saturated heterocycles. The van der Waals surface area contributed by atoms with Gasteiger partial charge in [0.1, 0.15) is 11.6 Å². The quantitative estimate of drug-likeness (QED) is 0.370. The van der Waals surface area contributed by atoms with E-state index in [1.54, 1.807) is 24.3 Å². The van der Waals surface area contributed by atoms with E-state index in [2.05, 4.69) is 0 Å². The second-order valence-corrected chi connectivity index (χ2v) is 9.20. The van der Waals surface area contributed by atoms with Crippen LogP contribution >= 0.6 is 34.5 Å². The molecule has 0 unspecified atom stereocenters. The van der Waals surface area contributed by atoms with Crippen molar-refractivity contribution in [2.75, 3.05) is 0 Å². The molecule has 4 rings (SSSR count). The van der Waals surface area contributed by atoms with Crippen LogP contribution in [0.3, 0.4) is 0 Å². The van der Waals surface area contributed by atoms with Crippen LogP contribution in [-0.4, -0.2) is 15.5 Å². The number of nitriles is 1. The zero-order valence-electron chi connectivity index (χ0n) is 17.1. The molecule has 0 amide bonds. The van der Waals surface area contributed by atoms with E-state index in [9.17, 15) is 20.0 Å². The van der Waals surface area contributed by atoms with Crippen molar-refractivity contribution < 1.29 is 9.90 Å². The predicted octanol–water partition coefficient (Wildman–Crippen LogP) is 5.84. The molecule has 0 bridgehead atoms. The van der Waals surface area contributed by atoms with Crippen molar-refractivity contribution in [1.29, 1.82) is 5.26 Å². The zero-order valence-corrected chi connectivity index (χ0v) is 19.4. The summed E-state index contributed by atoms with van der Waals surface area (Å²) >= 11 is 13.9. The lowest BCUT2D eigenvalue weighted by Gasteiger charge is -2.16. The second-order valence-electron chi connectivity index (χ2n) is 7.37. The van der Waals surface area contributed by atoms with Crippen LogP contribution in [0.1, 0.15) is 37.5 Å². The van der Waals surface area contributed by atoms with Crippen LogP contribution in [0.15, 0.2) is 47.3 Å². The van der Waals surface area contributed by atoms with Crippen LogP contribution in [0.25, 0.3) is 10.1 Å². The molecular weight excluding hydrogens is 467 g/mol. The van der Waals surface area contributed by atoms with Gasteiger partial charge in [0, 0.05) is 15.1 Å². The molecule has 0 saturated carbocycles. The third-order valence-electron chi connectivity index (χ3n) is 5.30. The molecule has 2 aromatic heterocycles. The highest BCUT2D eigenvalue weighted by molar-refractivity contribution is 7.21. The van der Waals surface area contributed by atoms with E-state index < -0.39 is 17.2 Å². The fourth-order valence-corrected chi connectivity index (χ4v) is 5.36. The topological polar surface area (TPSA) is 83.1 Å². The van der Waals surface area contributed by atoms with Crippen LogP contribution in [-0.2, 0) is 6.54 Å². The molecule has 4 aromatic rings. The Balaban J connectivity index is 1.94. The van der Waals surface area contributed by atoms with E-state index in [0.717, 1.165) is 20.2 Å². The third-order valence-corrected chi connectivity index (χ3v) is 7.33. The average Bonchev–Trinajstić information content (AvgIpc) is 3.08. The molecule has 2 aromatic carbocycles. The third kappa shape index (κ3) is 3.59. The minimum absolute atomic E-state index is 0.0983. The van der Waals surface area contributed by atoms with Gasteiger partial charge < -0.3 is 5.11 Å². The lowest BCUT2D eigenvalue weighted by molar-refractivity contribution is 0.103. The van der Waals surface area contributed by atoms with Crippen molar-refractivity contribution in [2.24, 2.45) is 0 Å². The number of aryl methyl sites for hydroxylation is 1. The molecule has 0 radical (unpaired) electrons.